The minimum absolute atomic E-state index is 0.0948. The summed E-state index contributed by atoms with van der Waals surface area (Å²) in [6.45, 7) is 4.09. The number of benzene rings is 1. The second kappa shape index (κ2) is 9.22. The van der Waals surface area contributed by atoms with Gasteiger partial charge >= 0.3 is 6.36 Å². The Hall–Kier alpha value is -2.81. The number of thiophene rings is 1. The Bertz CT molecular complexity index is 861. The first-order valence-electron chi connectivity index (χ1n) is 8.13. The van der Waals surface area contributed by atoms with Gasteiger partial charge in [-0.05, 0) is 29.6 Å². The van der Waals surface area contributed by atoms with Gasteiger partial charge in [-0.1, -0.05) is 32.0 Å². The van der Waals surface area contributed by atoms with E-state index in [0.717, 1.165) is 16.6 Å². The average Bonchev–Trinajstić information content (AvgIpc) is 3.32. The summed E-state index contributed by atoms with van der Waals surface area (Å²) in [5, 5.41) is 11.4. The Kier molecular flexibility index (Phi) is 7.00. The maximum atomic E-state index is 12.4. The lowest BCUT2D eigenvalue weighted by molar-refractivity contribution is -0.274. The zero-order valence-corrected chi connectivity index (χ0v) is 15.4. The molecule has 0 unspecified atom stereocenters. The quantitative estimate of drug-likeness (QED) is 0.637. The Balaban J connectivity index is 0.00000126. The number of hydrogen-bond donors (Lipinski definition) is 2. The number of alkyl halides is 3. The molecule has 144 valence electrons. The lowest BCUT2D eigenvalue weighted by Gasteiger charge is -2.12. The predicted octanol–water partition coefficient (Wildman–Crippen LogP) is 4.99. The Morgan fingerprint density at radius 2 is 1.96 bits per heavy atom. The number of H-pyrrole nitrogens is 1. The number of nitrogens with zero attached hydrogens (tertiary/aromatic N) is 1. The second-order valence-corrected chi connectivity index (χ2v) is 5.93. The van der Waals surface area contributed by atoms with Crippen LogP contribution in [0.3, 0.4) is 0 Å². The summed E-state index contributed by atoms with van der Waals surface area (Å²) in [6, 6.07) is 10.8. The lowest BCUT2D eigenvalue weighted by Crippen LogP contribution is -2.25. The van der Waals surface area contributed by atoms with E-state index in [1.165, 1.54) is 29.5 Å². The molecule has 2 heterocycles. The van der Waals surface area contributed by atoms with Crippen LogP contribution in [0.15, 0.2) is 47.8 Å². The number of carbonyl (C=O) groups is 1. The van der Waals surface area contributed by atoms with E-state index in [4.69, 9.17) is 0 Å². The molecule has 0 saturated carbocycles. The number of rotatable bonds is 5. The fraction of sp³-hybridized carbons (Fsp3) is 0.222. The summed E-state index contributed by atoms with van der Waals surface area (Å²) in [5.74, 6) is -1.22. The first kappa shape index (κ1) is 20.5. The standard InChI is InChI=1S/C16H12F3N3O2S.C2H6/c17-16(18,19)24-13-5-2-1-4-11(13)15(23)20-9-10-8-12(22-21-10)14-6-3-7-25-14;1-2/h1-8H,9H2,(H,20,23)(H,21,22);1-2H3. The van der Waals surface area contributed by atoms with Gasteiger partial charge in [0.1, 0.15) is 11.4 Å². The van der Waals surface area contributed by atoms with Crippen LogP contribution in [0.1, 0.15) is 29.9 Å². The Labute approximate surface area is 158 Å². The van der Waals surface area contributed by atoms with E-state index in [9.17, 15) is 18.0 Å². The minimum atomic E-state index is -4.87. The molecule has 3 aromatic rings. The van der Waals surface area contributed by atoms with Crippen molar-refractivity contribution in [3.8, 4) is 16.3 Å². The van der Waals surface area contributed by atoms with E-state index < -0.39 is 18.0 Å². The SMILES string of the molecule is CC.O=C(NCc1cc(-c2cccs2)n[nH]1)c1ccccc1OC(F)(F)F. The zero-order chi connectivity index (χ0) is 19.9. The van der Waals surface area contributed by atoms with Crippen LogP contribution < -0.4 is 10.1 Å². The van der Waals surface area contributed by atoms with Gasteiger partial charge in [0.05, 0.1) is 22.7 Å². The van der Waals surface area contributed by atoms with Crippen molar-refractivity contribution in [1.82, 2.24) is 15.5 Å². The number of nitrogens with one attached hydrogen (secondary N) is 2. The fourth-order valence-corrected chi connectivity index (χ4v) is 2.83. The maximum Gasteiger partial charge on any atom is 0.573 e. The van der Waals surface area contributed by atoms with E-state index >= 15 is 0 Å². The molecular formula is C18H18F3N3O2S. The number of ether oxygens (including phenoxy) is 1. The van der Waals surface area contributed by atoms with Crippen molar-refractivity contribution in [2.45, 2.75) is 26.8 Å². The monoisotopic (exact) mass is 397 g/mol. The summed E-state index contributed by atoms with van der Waals surface area (Å²) in [6.07, 6.45) is -4.87. The van der Waals surface area contributed by atoms with Gasteiger partial charge in [0.25, 0.3) is 5.91 Å². The average molecular weight is 397 g/mol. The van der Waals surface area contributed by atoms with Gasteiger partial charge in [0, 0.05) is 0 Å². The van der Waals surface area contributed by atoms with Crippen LogP contribution in [-0.4, -0.2) is 22.5 Å². The van der Waals surface area contributed by atoms with Crippen molar-refractivity contribution in [2.75, 3.05) is 0 Å². The summed E-state index contributed by atoms with van der Waals surface area (Å²) in [7, 11) is 0. The first-order valence-corrected chi connectivity index (χ1v) is 9.01. The van der Waals surface area contributed by atoms with Crippen molar-refractivity contribution >= 4 is 17.2 Å². The van der Waals surface area contributed by atoms with Gasteiger partial charge in [-0.2, -0.15) is 5.10 Å². The van der Waals surface area contributed by atoms with Crippen LogP contribution in [0.4, 0.5) is 13.2 Å². The highest BCUT2D eigenvalue weighted by molar-refractivity contribution is 7.13. The second-order valence-electron chi connectivity index (χ2n) is 4.98. The number of amides is 1. The molecule has 2 aromatic heterocycles. The van der Waals surface area contributed by atoms with Crippen LogP contribution in [0.2, 0.25) is 0 Å². The molecule has 1 amide bonds. The van der Waals surface area contributed by atoms with Crippen molar-refractivity contribution in [1.29, 1.82) is 0 Å². The van der Waals surface area contributed by atoms with Crippen molar-refractivity contribution < 1.29 is 22.7 Å². The molecule has 0 aliphatic carbocycles. The van der Waals surface area contributed by atoms with Gasteiger partial charge < -0.3 is 10.1 Å². The highest BCUT2D eigenvalue weighted by atomic mass is 32.1. The molecule has 3 rings (SSSR count). The largest absolute Gasteiger partial charge is 0.573 e. The number of hydrogen-bond acceptors (Lipinski definition) is 4. The first-order chi connectivity index (χ1) is 12.9. The van der Waals surface area contributed by atoms with Crippen LogP contribution >= 0.6 is 11.3 Å². The van der Waals surface area contributed by atoms with Gasteiger partial charge in [0.2, 0.25) is 0 Å². The Morgan fingerprint density at radius 1 is 1.22 bits per heavy atom. The third kappa shape index (κ3) is 5.85. The lowest BCUT2D eigenvalue weighted by atomic mass is 10.2. The van der Waals surface area contributed by atoms with Crippen molar-refractivity contribution in [3.05, 3.63) is 59.1 Å². The van der Waals surface area contributed by atoms with Gasteiger partial charge in [0.15, 0.2) is 0 Å². The van der Waals surface area contributed by atoms with Gasteiger partial charge in [-0.15, -0.1) is 24.5 Å². The molecule has 0 saturated heterocycles. The molecule has 0 radical (unpaired) electrons. The van der Waals surface area contributed by atoms with Crippen molar-refractivity contribution in [3.63, 3.8) is 0 Å². The molecule has 0 aliphatic heterocycles. The number of halogens is 3. The summed E-state index contributed by atoms with van der Waals surface area (Å²) >= 11 is 1.52. The maximum absolute atomic E-state index is 12.4. The normalized spacial score (nSPS) is 10.7. The molecule has 0 bridgehead atoms. The van der Waals surface area contributed by atoms with Crippen LogP contribution in [0, 0.1) is 0 Å². The van der Waals surface area contributed by atoms with Gasteiger partial charge in [-0.3, -0.25) is 9.89 Å². The van der Waals surface area contributed by atoms with Crippen molar-refractivity contribution in [2.24, 2.45) is 0 Å². The van der Waals surface area contributed by atoms with Crippen LogP contribution in [0.25, 0.3) is 10.6 Å². The number of para-hydroxylation sites is 1. The molecule has 5 nitrogen and oxygen atoms in total. The molecule has 27 heavy (non-hydrogen) atoms. The number of aromatic nitrogens is 2. The van der Waals surface area contributed by atoms with E-state index in [1.54, 1.807) is 6.07 Å². The summed E-state index contributed by atoms with van der Waals surface area (Å²) < 4.78 is 41.1. The third-order valence-electron chi connectivity index (χ3n) is 3.20. The molecular weight excluding hydrogens is 379 g/mol. The third-order valence-corrected chi connectivity index (χ3v) is 4.09. The molecule has 0 spiro atoms. The van der Waals surface area contributed by atoms with E-state index in [0.29, 0.717) is 5.69 Å². The molecule has 2 N–H and O–H groups in total. The summed E-state index contributed by atoms with van der Waals surface area (Å²) in [5.41, 5.74) is 1.17. The molecule has 1 aromatic carbocycles. The predicted molar refractivity (Wildman–Crippen MR) is 97.5 cm³/mol. The van der Waals surface area contributed by atoms with Crippen LogP contribution in [-0.2, 0) is 6.54 Å². The van der Waals surface area contributed by atoms with Gasteiger partial charge in [-0.25, -0.2) is 0 Å². The van der Waals surface area contributed by atoms with E-state index in [-0.39, 0.29) is 12.1 Å². The summed E-state index contributed by atoms with van der Waals surface area (Å²) in [4.78, 5) is 13.1. The Morgan fingerprint density at radius 3 is 2.63 bits per heavy atom. The molecule has 9 heteroatoms. The number of carbonyl (C=O) groups excluding carboxylic acids is 1. The smallest absolute Gasteiger partial charge is 0.405 e. The molecule has 0 atom stereocenters. The highest BCUT2D eigenvalue weighted by Crippen LogP contribution is 2.26. The highest BCUT2D eigenvalue weighted by Gasteiger charge is 2.32. The molecule has 0 fully saturated rings. The van der Waals surface area contributed by atoms with E-state index in [1.807, 2.05) is 31.4 Å². The van der Waals surface area contributed by atoms with Crippen LogP contribution in [0.5, 0.6) is 5.75 Å². The topological polar surface area (TPSA) is 67.0 Å². The zero-order valence-electron chi connectivity index (χ0n) is 14.6. The van der Waals surface area contributed by atoms with E-state index in [2.05, 4.69) is 20.3 Å². The fourth-order valence-electron chi connectivity index (χ4n) is 2.14. The minimum Gasteiger partial charge on any atom is -0.405 e. The molecule has 0 aliphatic rings. The number of aromatic amines is 1.